The number of anilines is 3. The third-order valence-corrected chi connectivity index (χ3v) is 5.43. The van der Waals surface area contributed by atoms with Crippen LogP contribution >= 0.6 is 0 Å². The van der Waals surface area contributed by atoms with Gasteiger partial charge in [0.1, 0.15) is 17.3 Å². The molecule has 0 fully saturated rings. The Bertz CT molecular complexity index is 1260. The molecule has 26 heavy (non-hydrogen) atoms. The van der Waals surface area contributed by atoms with Gasteiger partial charge in [-0.3, -0.25) is 0 Å². The smallest absolute Gasteiger partial charge is 0.138 e. The minimum atomic E-state index is -2.28. The summed E-state index contributed by atoms with van der Waals surface area (Å²) in [7, 11) is 0. The molecule has 130 valence electrons. The highest BCUT2D eigenvalue weighted by molar-refractivity contribution is 6.16. The SMILES string of the molecule is [2H]C([2H])([2H])N1c2c(ccc3oc4c(C)cccc4c23)N(c2ccccc2C)[C@H]1C. The molecular formula is C23H22N2O. The highest BCUT2D eigenvalue weighted by Gasteiger charge is 2.34. The first kappa shape index (κ1) is 12.4. The van der Waals surface area contributed by atoms with Crippen molar-refractivity contribution in [2.24, 2.45) is 0 Å². The van der Waals surface area contributed by atoms with Gasteiger partial charge in [-0.25, -0.2) is 0 Å². The summed E-state index contributed by atoms with van der Waals surface area (Å²) in [5, 5.41) is 1.81. The third-order valence-electron chi connectivity index (χ3n) is 5.43. The molecule has 0 radical (unpaired) electrons. The Morgan fingerprint density at radius 2 is 1.73 bits per heavy atom. The average Bonchev–Trinajstić information content (AvgIpc) is 3.17. The van der Waals surface area contributed by atoms with Gasteiger partial charge in [0.25, 0.3) is 0 Å². The van der Waals surface area contributed by atoms with E-state index in [1.165, 1.54) is 0 Å². The Balaban J connectivity index is 1.90. The Kier molecular flexibility index (Phi) is 2.52. The lowest BCUT2D eigenvalue weighted by molar-refractivity contribution is 0.666. The van der Waals surface area contributed by atoms with E-state index in [9.17, 15) is 0 Å². The van der Waals surface area contributed by atoms with Crippen molar-refractivity contribution >= 4 is 39.0 Å². The van der Waals surface area contributed by atoms with Crippen molar-refractivity contribution in [2.75, 3.05) is 16.8 Å². The van der Waals surface area contributed by atoms with Gasteiger partial charge in [0.15, 0.2) is 0 Å². The summed E-state index contributed by atoms with van der Waals surface area (Å²) >= 11 is 0. The first-order valence-corrected chi connectivity index (χ1v) is 8.88. The number of hydrogen-bond acceptors (Lipinski definition) is 3. The molecule has 3 nitrogen and oxygen atoms in total. The molecule has 0 N–H and O–H groups in total. The predicted octanol–water partition coefficient (Wildman–Crippen LogP) is 6.14. The van der Waals surface area contributed by atoms with Crippen LogP contribution < -0.4 is 9.80 Å². The van der Waals surface area contributed by atoms with Crippen molar-refractivity contribution in [3.05, 3.63) is 65.7 Å². The quantitative estimate of drug-likeness (QED) is 0.413. The second-order valence-electron chi connectivity index (χ2n) is 7.02. The largest absolute Gasteiger partial charge is 0.456 e. The van der Waals surface area contributed by atoms with Crippen LogP contribution in [0.15, 0.2) is 59.0 Å². The number of fused-ring (bicyclic) bond motifs is 5. The molecule has 4 aromatic rings. The van der Waals surface area contributed by atoms with Crippen LogP contribution in [0.4, 0.5) is 17.1 Å². The van der Waals surface area contributed by atoms with E-state index in [0.717, 1.165) is 38.9 Å². The maximum absolute atomic E-state index is 8.28. The van der Waals surface area contributed by atoms with Gasteiger partial charge in [-0.2, -0.15) is 0 Å². The number of para-hydroxylation sites is 2. The molecule has 0 unspecified atom stereocenters. The van der Waals surface area contributed by atoms with E-state index in [2.05, 4.69) is 17.9 Å². The molecule has 0 saturated heterocycles. The minimum Gasteiger partial charge on any atom is -0.456 e. The molecule has 5 rings (SSSR count). The lowest BCUT2D eigenvalue weighted by atomic mass is 10.1. The zero-order valence-corrected chi connectivity index (χ0v) is 15.1. The fourth-order valence-electron chi connectivity index (χ4n) is 4.11. The van der Waals surface area contributed by atoms with Crippen molar-refractivity contribution in [1.82, 2.24) is 0 Å². The number of nitrogens with zero attached hydrogens (tertiary/aromatic N) is 2. The molecular weight excluding hydrogens is 320 g/mol. The van der Waals surface area contributed by atoms with E-state index < -0.39 is 6.98 Å². The summed E-state index contributed by atoms with van der Waals surface area (Å²) < 4.78 is 31.0. The molecule has 0 bridgehead atoms. The maximum Gasteiger partial charge on any atom is 0.138 e. The highest BCUT2D eigenvalue weighted by atomic mass is 16.3. The summed E-state index contributed by atoms with van der Waals surface area (Å²) in [6, 6.07) is 18.0. The predicted molar refractivity (Wildman–Crippen MR) is 110 cm³/mol. The van der Waals surface area contributed by atoms with Crippen molar-refractivity contribution in [3.8, 4) is 0 Å². The molecule has 3 heteroatoms. The zero-order chi connectivity index (χ0) is 20.5. The van der Waals surface area contributed by atoms with E-state index in [4.69, 9.17) is 8.53 Å². The first-order valence-electron chi connectivity index (χ1n) is 10.4. The monoisotopic (exact) mass is 345 g/mol. The second kappa shape index (κ2) is 5.28. The number of aryl methyl sites for hydroxylation is 2. The van der Waals surface area contributed by atoms with Gasteiger partial charge in [0.2, 0.25) is 0 Å². The molecule has 0 amide bonds. The van der Waals surface area contributed by atoms with E-state index >= 15 is 0 Å². The Labute approximate surface area is 157 Å². The van der Waals surface area contributed by atoms with Gasteiger partial charge < -0.3 is 14.2 Å². The highest BCUT2D eigenvalue weighted by Crippen LogP contribution is 2.50. The number of benzene rings is 3. The molecule has 1 aliphatic heterocycles. The molecule has 1 aliphatic rings. The fraction of sp³-hybridized carbons (Fsp3) is 0.217. The molecule has 0 aliphatic carbocycles. The van der Waals surface area contributed by atoms with Crippen LogP contribution in [0.25, 0.3) is 21.9 Å². The number of rotatable bonds is 1. The molecule has 0 spiro atoms. The second-order valence-corrected chi connectivity index (χ2v) is 7.02. The normalized spacial score (nSPS) is 18.9. The number of furan rings is 1. The summed E-state index contributed by atoms with van der Waals surface area (Å²) in [6.07, 6.45) is -0.362. The van der Waals surface area contributed by atoms with Crippen molar-refractivity contribution in [1.29, 1.82) is 0 Å². The summed E-state index contributed by atoms with van der Waals surface area (Å²) in [5.74, 6) is 0. The lowest BCUT2D eigenvalue weighted by Crippen LogP contribution is -2.35. The van der Waals surface area contributed by atoms with Crippen LogP contribution in [0.3, 0.4) is 0 Å². The summed E-state index contributed by atoms with van der Waals surface area (Å²) in [4.78, 5) is 3.67. The van der Waals surface area contributed by atoms with Gasteiger partial charge in [0, 0.05) is 22.2 Å². The number of hydrogen-bond donors (Lipinski definition) is 0. The Morgan fingerprint density at radius 3 is 2.54 bits per heavy atom. The molecule has 0 saturated carbocycles. The molecule has 3 aromatic carbocycles. The van der Waals surface area contributed by atoms with Crippen LogP contribution in [-0.4, -0.2) is 13.1 Å². The Hall–Kier alpha value is -2.94. The summed E-state index contributed by atoms with van der Waals surface area (Å²) in [6.45, 7) is 3.72. The topological polar surface area (TPSA) is 19.6 Å². The standard InChI is InChI=1S/C23H22N2O/c1-14-8-5-6-11-18(14)25-16(3)24(4)22-19(25)12-13-20-21(22)17-10-7-9-15(2)23(17)26-20/h5-13,16H,1-4H3/t16-/m0/s1/i4D3. The van der Waals surface area contributed by atoms with E-state index in [-0.39, 0.29) is 6.17 Å². The van der Waals surface area contributed by atoms with Gasteiger partial charge >= 0.3 is 0 Å². The zero-order valence-electron chi connectivity index (χ0n) is 18.1. The van der Waals surface area contributed by atoms with Crippen LogP contribution in [-0.2, 0) is 0 Å². The first-order chi connectivity index (χ1) is 13.8. The van der Waals surface area contributed by atoms with Gasteiger partial charge in [0.05, 0.1) is 16.8 Å². The van der Waals surface area contributed by atoms with Crippen molar-refractivity contribution < 1.29 is 8.53 Å². The van der Waals surface area contributed by atoms with Crippen LogP contribution in [0.1, 0.15) is 22.2 Å². The lowest BCUT2D eigenvalue weighted by Gasteiger charge is -2.28. The summed E-state index contributed by atoms with van der Waals surface area (Å²) in [5.41, 5.74) is 6.27. The van der Waals surface area contributed by atoms with Gasteiger partial charge in [-0.1, -0.05) is 36.4 Å². The van der Waals surface area contributed by atoms with E-state index in [1.54, 1.807) is 4.90 Å². The average molecular weight is 345 g/mol. The maximum atomic E-state index is 8.28. The molecule has 2 heterocycles. The fourth-order valence-corrected chi connectivity index (χ4v) is 4.11. The van der Waals surface area contributed by atoms with Gasteiger partial charge in [-0.15, -0.1) is 0 Å². The van der Waals surface area contributed by atoms with Crippen LogP contribution in [0.2, 0.25) is 0 Å². The van der Waals surface area contributed by atoms with E-state index in [0.29, 0.717) is 11.3 Å². The van der Waals surface area contributed by atoms with Gasteiger partial charge in [-0.05, 0) is 50.1 Å². The molecule has 1 aromatic heterocycles. The Morgan fingerprint density at radius 1 is 0.923 bits per heavy atom. The molecule has 1 atom stereocenters. The van der Waals surface area contributed by atoms with Crippen LogP contribution in [0, 0.1) is 13.8 Å². The third kappa shape index (κ3) is 1.88. The van der Waals surface area contributed by atoms with Crippen LogP contribution in [0.5, 0.6) is 0 Å². The van der Waals surface area contributed by atoms with Crippen molar-refractivity contribution in [2.45, 2.75) is 26.9 Å². The van der Waals surface area contributed by atoms with E-state index in [1.807, 2.05) is 62.4 Å². The minimum absolute atomic E-state index is 0.362. The van der Waals surface area contributed by atoms with Crippen molar-refractivity contribution in [3.63, 3.8) is 0 Å².